The highest BCUT2D eigenvalue weighted by Crippen LogP contribution is 2.44. The lowest BCUT2D eigenvalue weighted by Gasteiger charge is -2.46. The van der Waals surface area contributed by atoms with E-state index < -0.39 is 28.5 Å². The van der Waals surface area contributed by atoms with Gasteiger partial charge in [-0.3, -0.25) is 4.79 Å². The molecule has 52 heavy (non-hydrogen) atoms. The minimum absolute atomic E-state index is 0.00203. The molecule has 0 spiro atoms. The van der Waals surface area contributed by atoms with Gasteiger partial charge in [0.25, 0.3) is 0 Å². The molecule has 0 radical (unpaired) electrons. The first-order valence-electron chi connectivity index (χ1n) is 19.2. The molecule has 0 heterocycles. The zero-order chi connectivity index (χ0) is 38.9. The van der Waals surface area contributed by atoms with Gasteiger partial charge < -0.3 is 28.2 Å². The lowest BCUT2D eigenvalue weighted by atomic mass is 9.73. The second kappa shape index (κ2) is 19.0. The molecule has 8 atom stereocenters. The van der Waals surface area contributed by atoms with Crippen molar-refractivity contribution in [1.82, 2.24) is 0 Å². The van der Waals surface area contributed by atoms with E-state index in [2.05, 4.69) is 93.7 Å². The van der Waals surface area contributed by atoms with Crippen LogP contribution in [0.25, 0.3) is 0 Å². The third-order valence-corrected chi connectivity index (χ3v) is 21.0. The molecule has 0 aliphatic heterocycles. The van der Waals surface area contributed by atoms with Crippen LogP contribution < -0.4 is 0 Å². The minimum atomic E-state index is -2.33. The van der Waals surface area contributed by atoms with Crippen molar-refractivity contribution < 1.29 is 33.0 Å². The van der Waals surface area contributed by atoms with Gasteiger partial charge in [-0.05, 0) is 72.1 Å². The third kappa shape index (κ3) is 12.5. The zero-order valence-corrected chi connectivity index (χ0v) is 36.5. The summed E-state index contributed by atoms with van der Waals surface area (Å²) in [6, 6.07) is 20.3. The average molecular weight is 755 g/mol. The Labute approximate surface area is 318 Å². The number of carboxylic acid groups (broad SMARTS) is 1. The van der Waals surface area contributed by atoms with Crippen molar-refractivity contribution in [3.63, 3.8) is 0 Å². The van der Waals surface area contributed by atoms with E-state index in [4.69, 9.17) is 23.1 Å². The summed E-state index contributed by atoms with van der Waals surface area (Å²) >= 11 is 0. The third-order valence-electron chi connectivity index (χ3n) is 12.0. The summed E-state index contributed by atoms with van der Waals surface area (Å²) in [6.07, 6.45) is 4.16. The molecule has 0 fully saturated rings. The normalized spacial score (nSPS) is 21.7. The highest BCUT2D eigenvalue weighted by molar-refractivity contribution is 6.74. The number of allylic oxidation sites excluding steroid dienone is 1. The fourth-order valence-electron chi connectivity index (χ4n) is 6.46. The van der Waals surface area contributed by atoms with Crippen LogP contribution in [-0.4, -0.2) is 65.8 Å². The Morgan fingerprint density at radius 1 is 0.788 bits per heavy atom. The maximum absolute atomic E-state index is 13.4. The monoisotopic (exact) mass is 754 g/mol. The largest absolute Gasteiger partial charge is 0.481 e. The van der Waals surface area contributed by atoms with Gasteiger partial charge in [0.15, 0.2) is 16.6 Å². The van der Waals surface area contributed by atoms with Gasteiger partial charge >= 0.3 is 5.97 Å². The second-order valence-electron chi connectivity index (χ2n) is 18.1. The molecule has 0 bridgehead atoms. The van der Waals surface area contributed by atoms with E-state index in [-0.39, 0.29) is 52.2 Å². The number of rotatable bonds is 19. The standard InChI is InChI=1S/C43H70O7Si2/c1-31(28-47-29-33-20-16-14-17-21-33)37(49-51(10,11)42(3,4)5)27-38(50-52(12,13)43(6,7)8)32(2)40(41(44)45)35-24-25-36(39(26-35)46-9)48-30-34-22-18-15-19-23-34/h14-25,31-32,35-40H,26-30H2,1-13H3,(H,44,45)/t31-,32+,35-,36-,37+,38+,39-,40?/m1/s1. The van der Waals surface area contributed by atoms with Crippen LogP contribution in [0.2, 0.25) is 36.3 Å². The number of carboxylic acids is 1. The van der Waals surface area contributed by atoms with Gasteiger partial charge in [-0.2, -0.15) is 0 Å². The molecular formula is C43H70O7Si2. The molecule has 7 nitrogen and oxygen atoms in total. The van der Waals surface area contributed by atoms with Gasteiger partial charge in [-0.1, -0.05) is 128 Å². The van der Waals surface area contributed by atoms with Crippen LogP contribution in [0.4, 0.5) is 0 Å². The Balaban J connectivity index is 1.94. The summed E-state index contributed by atoms with van der Waals surface area (Å²) in [6.45, 7) is 28.4. The summed E-state index contributed by atoms with van der Waals surface area (Å²) < 4.78 is 33.1. The zero-order valence-electron chi connectivity index (χ0n) is 34.5. The first-order valence-corrected chi connectivity index (χ1v) is 25.0. The molecule has 0 aromatic heterocycles. The van der Waals surface area contributed by atoms with Crippen LogP contribution >= 0.6 is 0 Å². The molecule has 1 aliphatic rings. The first kappa shape index (κ1) is 44.3. The first-order chi connectivity index (χ1) is 24.2. The lowest BCUT2D eigenvalue weighted by molar-refractivity contribution is -0.148. The Kier molecular flexibility index (Phi) is 16.1. The van der Waals surface area contributed by atoms with Crippen LogP contribution in [0.1, 0.15) is 79.4 Å². The van der Waals surface area contributed by atoms with E-state index in [0.717, 1.165) is 11.1 Å². The van der Waals surface area contributed by atoms with Gasteiger partial charge in [0.2, 0.25) is 0 Å². The molecule has 1 unspecified atom stereocenters. The van der Waals surface area contributed by atoms with E-state index in [1.165, 1.54) is 0 Å². The molecule has 0 saturated carbocycles. The van der Waals surface area contributed by atoms with Gasteiger partial charge in [-0.25, -0.2) is 0 Å². The van der Waals surface area contributed by atoms with Crippen LogP contribution in [0.15, 0.2) is 72.8 Å². The predicted octanol–water partition coefficient (Wildman–Crippen LogP) is 10.5. The molecule has 3 rings (SSSR count). The smallest absolute Gasteiger partial charge is 0.307 e. The summed E-state index contributed by atoms with van der Waals surface area (Å²) in [4.78, 5) is 13.4. The molecule has 0 saturated heterocycles. The molecule has 9 heteroatoms. The molecule has 2 aromatic rings. The lowest BCUT2D eigenvalue weighted by Crippen LogP contribution is -2.52. The Morgan fingerprint density at radius 3 is 1.77 bits per heavy atom. The second-order valence-corrected chi connectivity index (χ2v) is 27.6. The summed E-state index contributed by atoms with van der Waals surface area (Å²) in [7, 11) is -2.87. The average Bonchev–Trinajstić information content (AvgIpc) is 3.06. The van der Waals surface area contributed by atoms with E-state index in [9.17, 15) is 9.90 Å². The van der Waals surface area contributed by atoms with Gasteiger partial charge in [0.05, 0.1) is 44.1 Å². The van der Waals surface area contributed by atoms with Crippen molar-refractivity contribution in [3.8, 4) is 0 Å². The Hall–Kier alpha value is -2.12. The van der Waals surface area contributed by atoms with Crippen molar-refractivity contribution in [3.05, 3.63) is 83.9 Å². The Morgan fingerprint density at radius 2 is 1.29 bits per heavy atom. The maximum Gasteiger partial charge on any atom is 0.307 e. The number of aliphatic carboxylic acids is 1. The van der Waals surface area contributed by atoms with Crippen molar-refractivity contribution >= 4 is 22.6 Å². The molecule has 1 aliphatic carbocycles. The molecule has 2 aromatic carbocycles. The van der Waals surface area contributed by atoms with Crippen molar-refractivity contribution in [2.45, 2.75) is 142 Å². The number of benzene rings is 2. The number of hydrogen-bond donors (Lipinski definition) is 1. The number of carbonyl (C=O) groups is 1. The van der Waals surface area contributed by atoms with Crippen LogP contribution in [0.3, 0.4) is 0 Å². The van der Waals surface area contributed by atoms with Crippen molar-refractivity contribution in [1.29, 1.82) is 0 Å². The minimum Gasteiger partial charge on any atom is -0.481 e. The van der Waals surface area contributed by atoms with E-state index in [1.54, 1.807) is 7.11 Å². The number of ether oxygens (including phenoxy) is 3. The van der Waals surface area contributed by atoms with Crippen LogP contribution in [-0.2, 0) is 41.1 Å². The molecule has 0 amide bonds. The number of hydrogen-bond acceptors (Lipinski definition) is 6. The van der Waals surface area contributed by atoms with Gasteiger partial charge in [-0.15, -0.1) is 0 Å². The highest BCUT2D eigenvalue weighted by Gasteiger charge is 2.47. The number of methoxy groups -OCH3 is 1. The van der Waals surface area contributed by atoms with Crippen LogP contribution in [0.5, 0.6) is 0 Å². The molecular weight excluding hydrogens is 685 g/mol. The summed E-state index contributed by atoms with van der Waals surface area (Å²) in [5.41, 5.74) is 2.22. The molecule has 292 valence electrons. The van der Waals surface area contributed by atoms with Crippen molar-refractivity contribution in [2.75, 3.05) is 13.7 Å². The van der Waals surface area contributed by atoms with E-state index >= 15 is 0 Å². The quantitative estimate of drug-likeness (QED) is 0.113. The fraction of sp³-hybridized carbons (Fsp3) is 0.651. The van der Waals surface area contributed by atoms with Gasteiger partial charge in [0.1, 0.15) is 6.10 Å². The van der Waals surface area contributed by atoms with E-state index in [0.29, 0.717) is 32.7 Å². The highest BCUT2D eigenvalue weighted by atomic mass is 28.4. The SMILES string of the molecule is CO[C@@H]1C[C@H](C(C(=O)O)[C@@H](C)[C@H](C[C@H](O[Si](C)(C)C(C)(C)C)[C@H](C)COCc2ccccc2)O[Si](C)(C)C(C)(C)C)C=C[C@H]1OCc1ccccc1. The topological polar surface area (TPSA) is 83.5 Å². The van der Waals surface area contributed by atoms with Crippen LogP contribution in [0, 0.1) is 23.7 Å². The predicted molar refractivity (Wildman–Crippen MR) is 217 cm³/mol. The molecule has 1 N–H and O–H groups in total. The van der Waals surface area contributed by atoms with E-state index in [1.807, 2.05) is 60.7 Å². The summed E-state index contributed by atoms with van der Waals surface area (Å²) in [5.74, 6) is -1.98. The Bertz CT molecular complexity index is 1380. The van der Waals surface area contributed by atoms with Crippen molar-refractivity contribution in [2.24, 2.45) is 23.7 Å². The fourth-order valence-corrected chi connectivity index (χ4v) is 9.32. The summed E-state index contributed by atoms with van der Waals surface area (Å²) in [5, 5.41) is 10.9. The van der Waals surface area contributed by atoms with Gasteiger partial charge in [0, 0.05) is 13.0 Å². The maximum atomic E-state index is 13.4.